The highest BCUT2D eigenvalue weighted by Gasteiger charge is 2.19. The summed E-state index contributed by atoms with van der Waals surface area (Å²) in [5.74, 6) is 0.0609. The molecule has 3 rings (SSSR count). The number of rotatable bonds is 7. The van der Waals surface area contributed by atoms with Crippen LogP contribution >= 0.6 is 28.1 Å². The van der Waals surface area contributed by atoms with Crippen molar-refractivity contribution in [3.63, 3.8) is 0 Å². The molecule has 0 aliphatic carbocycles. The molecule has 2 aromatic rings. The minimum atomic E-state index is -0.379. The van der Waals surface area contributed by atoms with Crippen LogP contribution < -0.4 is 15.4 Å². The van der Waals surface area contributed by atoms with Gasteiger partial charge in [-0.25, -0.2) is 0 Å². The number of nitrogens with one attached hydrogen (secondary N) is 2. The van der Waals surface area contributed by atoms with E-state index in [-0.39, 0.29) is 16.9 Å². The Morgan fingerprint density at radius 2 is 1.97 bits per heavy atom. The van der Waals surface area contributed by atoms with Crippen molar-refractivity contribution in [1.29, 1.82) is 0 Å². The maximum Gasteiger partial charge on any atom is 0.261 e. The predicted molar refractivity (Wildman–Crippen MR) is 131 cm³/mol. The van der Waals surface area contributed by atoms with Gasteiger partial charge in [0.1, 0.15) is 5.75 Å². The number of carbonyl (C=O) groups excluding carboxylic acids is 2. The van der Waals surface area contributed by atoms with Crippen LogP contribution in [0, 0.1) is 0 Å². The van der Waals surface area contributed by atoms with Gasteiger partial charge in [0, 0.05) is 28.8 Å². The fraction of sp³-hybridized carbons (Fsp3) is 0.348. The zero-order valence-electron chi connectivity index (χ0n) is 17.9. The van der Waals surface area contributed by atoms with Gasteiger partial charge in [0.15, 0.2) is 5.11 Å². The molecule has 0 unspecified atom stereocenters. The minimum Gasteiger partial charge on any atom is -0.493 e. The smallest absolute Gasteiger partial charge is 0.261 e. The summed E-state index contributed by atoms with van der Waals surface area (Å²) in [6.07, 6.45) is 1.90. The van der Waals surface area contributed by atoms with Crippen molar-refractivity contribution in [1.82, 2.24) is 10.2 Å². The molecule has 0 spiro atoms. The molecule has 1 saturated heterocycles. The zero-order chi connectivity index (χ0) is 22.9. The van der Waals surface area contributed by atoms with Crippen molar-refractivity contribution >= 4 is 50.8 Å². The molecule has 170 valence electrons. The number of unbranched alkanes of at least 4 members (excludes halogenated alkanes) is 1. The summed E-state index contributed by atoms with van der Waals surface area (Å²) in [6.45, 7) is 4.83. The number of thiocarbonyl (C=S) groups is 1. The maximum absolute atomic E-state index is 12.8. The molecule has 1 aliphatic heterocycles. The fourth-order valence-electron chi connectivity index (χ4n) is 3.14. The summed E-state index contributed by atoms with van der Waals surface area (Å²) in [6, 6.07) is 12.3. The van der Waals surface area contributed by atoms with Crippen LogP contribution in [0.4, 0.5) is 5.69 Å². The Bertz CT molecular complexity index is 979. The lowest BCUT2D eigenvalue weighted by atomic mass is 10.1. The van der Waals surface area contributed by atoms with Crippen molar-refractivity contribution < 1.29 is 19.1 Å². The van der Waals surface area contributed by atoms with Crippen molar-refractivity contribution in [2.75, 3.05) is 38.2 Å². The largest absolute Gasteiger partial charge is 0.493 e. The monoisotopic (exact) mass is 519 g/mol. The first kappa shape index (κ1) is 24.2. The SMILES string of the molecule is CCCCOc1ccc(Br)cc1C(=O)NC(=S)Nc1cccc(C(=O)N2CCOCC2)c1. The molecule has 0 atom stereocenters. The lowest BCUT2D eigenvalue weighted by molar-refractivity contribution is 0.0303. The fourth-order valence-corrected chi connectivity index (χ4v) is 3.72. The van der Waals surface area contributed by atoms with Gasteiger partial charge in [-0.15, -0.1) is 0 Å². The molecule has 2 N–H and O–H groups in total. The van der Waals surface area contributed by atoms with E-state index in [0.29, 0.717) is 55.5 Å². The molecule has 2 amide bonds. The van der Waals surface area contributed by atoms with Gasteiger partial charge in [-0.1, -0.05) is 35.3 Å². The van der Waals surface area contributed by atoms with Gasteiger partial charge >= 0.3 is 0 Å². The molecule has 1 heterocycles. The van der Waals surface area contributed by atoms with Gasteiger partial charge in [-0.2, -0.15) is 0 Å². The number of ether oxygens (including phenoxy) is 2. The Morgan fingerprint density at radius 3 is 2.72 bits per heavy atom. The summed E-state index contributed by atoms with van der Waals surface area (Å²) >= 11 is 8.71. The first-order chi connectivity index (χ1) is 15.5. The third-order valence-corrected chi connectivity index (χ3v) is 5.53. The van der Waals surface area contributed by atoms with Crippen molar-refractivity contribution in [2.45, 2.75) is 19.8 Å². The first-order valence-corrected chi connectivity index (χ1v) is 11.7. The summed E-state index contributed by atoms with van der Waals surface area (Å²) in [4.78, 5) is 27.3. The Labute approximate surface area is 201 Å². The van der Waals surface area contributed by atoms with E-state index < -0.39 is 0 Å². The van der Waals surface area contributed by atoms with Crippen LogP contribution in [0.1, 0.15) is 40.5 Å². The van der Waals surface area contributed by atoms with Gasteiger partial charge in [-0.3, -0.25) is 14.9 Å². The molecule has 1 fully saturated rings. The minimum absolute atomic E-state index is 0.0603. The van der Waals surface area contributed by atoms with Crippen LogP contribution in [-0.4, -0.2) is 54.7 Å². The second-order valence-corrected chi connectivity index (χ2v) is 8.56. The van der Waals surface area contributed by atoms with Crippen LogP contribution in [0.3, 0.4) is 0 Å². The van der Waals surface area contributed by atoms with E-state index in [1.165, 1.54) is 0 Å². The molecular formula is C23H26BrN3O4S. The Hall–Kier alpha value is -2.49. The van der Waals surface area contributed by atoms with E-state index in [1.807, 2.05) is 6.07 Å². The number of benzene rings is 2. The lowest BCUT2D eigenvalue weighted by Crippen LogP contribution is -2.40. The second-order valence-electron chi connectivity index (χ2n) is 7.24. The normalized spacial score (nSPS) is 13.4. The average Bonchev–Trinajstić information content (AvgIpc) is 2.80. The molecular weight excluding hydrogens is 494 g/mol. The van der Waals surface area contributed by atoms with Gasteiger partial charge in [0.25, 0.3) is 11.8 Å². The topological polar surface area (TPSA) is 79.9 Å². The highest BCUT2D eigenvalue weighted by Crippen LogP contribution is 2.24. The number of anilines is 1. The third-order valence-electron chi connectivity index (χ3n) is 4.83. The zero-order valence-corrected chi connectivity index (χ0v) is 20.3. The highest BCUT2D eigenvalue weighted by atomic mass is 79.9. The van der Waals surface area contributed by atoms with Crippen molar-refractivity contribution in [2.24, 2.45) is 0 Å². The Morgan fingerprint density at radius 1 is 1.19 bits per heavy atom. The van der Waals surface area contributed by atoms with Crippen LogP contribution in [0.25, 0.3) is 0 Å². The van der Waals surface area contributed by atoms with Crippen molar-refractivity contribution in [3.8, 4) is 5.75 Å². The van der Waals surface area contributed by atoms with Crippen LogP contribution in [0.5, 0.6) is 5.75 Å². The summed E-state index contributed by atoms with van der Waals surface area (Å²) in [5, 5.41) is 5.79. The summed E-state index contributed by atoms with van der Waals surface area (Å²) in [5.41, 5.74) is 1.54. The molecule has 0 saturated carbocycles. The number of halogens is 1. The third kappa shape index (κ3) is 6.75. The van der Waals surface area contributed by atoms with Crippen LogP contribution in [0.15, 0.2) is 46.9 Å². The average molecular weight is 520 g/mol. The molecule has 0 aromatic heterocycles. The first-order valence-electron chi connectivity index (χ1n) is 10.5. The maximum atomic E-state index is 12.8. The van der Waals surface area contributed by atoms with E-state index in [0.717, 1.165) is 17.3 Å². The van der Waals surface area contributed by atoms with Gasteiger partial charge in [0.05, 0.1) is 25.4 Å². The predicted octanol–water partition coefficient (Wildman–Crippen LogP) is 4.23. The lowest BCUT2D eigenvalue weighted by Gasteiger charge is -2.27. The van der Waals surface area contributed by atoms with Crippen LogP contribution in [-0.2, 0) is 4.74 Å². The highest BCUT2D eigenvalue weighted by molar-refractivity contribution is 9.10. The second kappa shape index (κ2) is 11.9. The van der Waals surface area contributed by atoms with Gasteiger partial charge in [-0.05, 0) is 55.0 Å². The van der Waals surface area contributed by atoms with Crippen molar-refractivity contribution in [3.05, 3.63) is 58.1 Å². The van der Waals surface area contributed by atoms with E-state index in [4.69, 9.17) is 21.7 Å². The standard InChI is InChI=1S/C23H26BrN3O4S/c1-2-3-11-31-20-8-7-17(24)15-19(20)21(28)26-23(32)25-18-6-4-5-16(14-18)22(29)27-9-12-30-13-10-27/h4-8,14-15H,2-3,9-13H2,1H3,(H2,25,26,28,32). The number of hydrogen-bond donors (Lipinski definition) is 2. The quantitative estimate of drug-likeness (QED) is 0.421. The number of carbonyl (C=O) groups is 2. The molecule has 7 nitrogen and oxygen atoms in total. The molecule has 0 radical (unpaired) electrons. The van der Waals surface area contributed by atoms with E-state index in [2.05, 4.69) is 33.5 Å². The number of amides is 2. The van der Waals surface area contributed by atoms with E-state index in [9.17, 15) is 9.59 Å². The number of nitrogens with zero attached hydrogens (tertiary/aromatic N) is 1. The molecule has 9 heteroatoms. The summed E-state index contributed by atoms with van der Waals surface area (Å²) in [7, 11) is 0. The van der Waals surface area contributed by atoms with Gasteiger partial charge < -0.3 is 19.7 Å². The Kier molecular flexibility index (Phi) is 9.01. The molecule has 32 heavy (non-hydrogen) atoms. The molecule has 2 aromatic carbocycles. The number of morpholine rings is 1. The van der Waals surface area contributed by atoms with E-state index in [1.54, 1.807) is 41.3 Å². The van der Waals surface area contributed by atoms with Gasteiger partial charge in [0.2, 0.25) is 0 Å². The number of hydrogen-bond acceptors (Lipinski definition) is 5. The Balaban J connectivity index is 1.64. The van der Waals surface area contributed by atoms with E-state index >= 15 is 0 Å². The van der Waals surface area contributed by atoms with Crippen LogP contribution in [0.2, 0.25) is 0 Å². The molecule has 1 aliphatic rings. The molecule has 0 bridgehead atoms. The summed E-state index contributed by atoms with van der Waals surface area (Å²) < 4.78 is 11.8.